The van der Waals surface area contributed by atoms with E-state index in [0.717, 1.165) is 53.1 Å². The number of ether oxygens (including phenoxy) is 2. The highest BCUT2D eigenvalue weighted by Crippen LogP contribution is 2.42. The van der Waals surface area contributed by atoms with Gasteiger partial charge in [-0.05, 0) is 100 Å². The second-order valence-corrected chi connectivity index (χ2v) is 20.0. The van der Waals surface area contributed by atoms with Gasteiger partial charge in [0.25, 0.3) is 5.91 Å². The van der Waals surface area contributed by atoms with E-state index in [1.165, 1.54) is 4.90 Å². The first-order valence-corrected chi connectivity index (χ1v) is 23.3. The van der Waals surface area contributed by atoms with E-state index in [9.17, 15) is 19.5 Å². The minimum atomic E-state index is -2.00. The molecule has 1 aliphatic heterocycles. The third kappa shape index (κ3) is 10.6. The predicted molar refractivity (Wildman–Crippen MR) is 241 cm³/mol. The number of aliphatic hydroxyl groups excluding tert-OH is 1. The molecule has 4 aromatic rings. The molecule has 4 N–H and O–H groups in total. The Morgan fingerprint density at radius 2 is 1.82 bits per heavy atom. The fraction of sp³-hybridized carbons (Fsp3) is 0.511. The van der Waals surface area contributed by atoms with E-state index >= 15 is 4.39 Å². The highest BCUT2D eigenvalue weighted by molar-refractivity contribution is 8.00. The van der Waals surface area contributed by atoms with Gasteiger partial charge in [0.05, 0.1) is 47.7 Å². The van der Waals surface area contributed by atoms with Crippen molar-refractivity contribution >= 4 is 58.2 Å². The molecule has 62 heavy (non-hydrogen) atoms. The number of carbonyl (C=O) groups excluding carboxylic acids is 3. The maximum absolute atomic E-state index is 15.1. The Morgan fingerprint density at radius 1 is 1.10 bits per heavy atom. The number of nitrogens with zero attached hydrogens (tertiary/aromatic N) is 4. The van der Waals surface area contributed by atoms with Crippen LogP contribution in [-0.2, 0) is 20.9 Å². The molecule has 17 heteroatoms. The molecule has 2 aliphatic carbocycles. The number of β-amino-alcohol motifs (C(OH)–C–C–N with tert-alkyl or cyclic N) is 1. The number of amides is 3. The number of anilines is 1. The summed E-state index contributed by atoms with van der Waals surface area (Å²) in [5, 5.41) is 19.8. The number of aromatic nitrogens is 3. The van der Waals surface area contributed by atoms with Gasteiger partial charge in [-0.3, -0.25) is 14.4 Å². The van der Waals surface area contributed by atoms with Gasteiger partial charge < -0.3 is 35.4 Å². The lowest BCUT2D eigenvalue weighted by molar-refractivity contribution is -0.143. The van der Waals surface area contributed by atoms with Crippen molar-refractivity contribution in [3.63, 3.8) is 0 Å². The summed E-state index contributed by atoms with van der Waals surface area (Å²) in [6, 6.07) is 11.4. The summed E-state index contributed by atoms with van der Waals surface area (Å²) in [6.07, 6.45) is 4.76. The Labute approximate surface area is 375 Å². The topological polar surface area (TPSA) is 168 Å². The first-order chi connectivity index (χ1) is 29.7. The van der Waals surface area contributed by atoms with Crippen molar-refractivity contribution in [1.29, 1.82) is 0 Å². The van der Waals surface area contributed by atoms with Crippen molar-refractivity contribution in [2.45, 2.75) is 101 Å². The number of thiazole rings is 1. The van der Waals surface area contributed by atoms with Gasteiger partial charge >= 0.3 is 0 Å². The highest BCUT2D eigenvalue weighted by Gasteiger charge is 2.54. The SMILES string of the molecule is CNc1nc(-c2ccc(OCC3CCC(CSC(C)(C)C(NC(=O)C4(F)CC4)C(=O)N4C[C@H](O)CC4C(=O)NCc4ccc(-c5scnc5C)cc4)CC3)cc2OC)ncc1Cl. The average Bonchev–Trinajstić information content (AvgIpc) is 3.68. The molecule has 0 radical (unpaired) electrons. The summed E-state index contributed by atoms with van der Waals surface area (Å²) in [4.78, 5) is 57.0. The highest BCUT2D eigenvalue weighted by atomic mass is 35.5. The quantitative estimate of drug-likeness (QED) is 0.0844. The van der Waals surface area contributed by atoms with E-state index in [1.54, 1.807) is 43.5 Å². The van der Waals surface area contributed by atoms with Crippen LogP contribution in [0.2, 0.25) is 5.02 Å². The lowest BCUT2D eigenvalue weighted by atomic mass is 9.83. The monoisotopic (exact) mass is 907 g/mol. The molecule has 3 aliphatic rings. The normalized spacial score (nSPS) is 21.2. The molecule has 2 aromatic carbocycles. The molecule has 332 valence electrons. The number of methoxy groups -OCH3 is 1. The van der Waals surface area contributed by atoms with Crippen LogP contribution in [0.3, 0.4) is 0 Å². The molecular formula is C45H55ClFN7O6S2. The smallest absolute Gasteiger partial charge is 0.258 e. The number of alkyl halides is 1. The Morgan fingerprint density at radius 3 is 2.48 bits per heavy atom. The number of hydrogen-bond donors (Lipinski definition) is 4. The molecule has 1 saturated heterocycles. The minimum Gasteiger partial charge on any atom is -0.496 e. The zero-order chi connectivity index (χ0) is 44.2. The molecule has 3 heterocycles. The van der Waals surface area contributed by atoms with Crippen molar-refractivity contribution in [2.24, 2.45) is 11.8 Å². The van der Waals surface area contributed by atoms with Gasteiger partial charge in [0.1, 0.15) is 34.4 Å². The van der Waals surface area contributed by atoms with Gasteiger partial charge in [0, 0.05) is 37.4 Å². The van der Waals surface area contributed by atoms with E-state index in [4.69, 9.17) is 21.1 Å². The lowest BCUT2D eigenvalue weighted by Gasteiger charge is -2.38. The molecule has 3 amide bonds. The van der Waals surface area contributed by atoms with Crippen LogP contribution in [0.5, 0.6) is 11.5 Å². The van der Waals surface area contributed by atoms with Crippen molar-refractivity contribution in [2.75, 3.05) is 38.4 Å². The molecule has 3 fully saturated rings. The maximum atomic E-state index is 15.1. The Kier molecular flexibility index (Phi) is 14.3. The summed E-state index contributed by atoms with van der Waals surface area (Å²) < 4.78 is 26.1. The number of hydrogen-bond acceptors (Lipinski definition) is 12. The minimum absolute atomic E-state index is 0.0599. The number of halogens is 2. The Hall–Kier alpha value is -4.51. The number of carbonyl (C=O) groups is 3. The van der Waals surface area contributed by atoms with E-state index in [-0.39, 0.29) is 32.4 Å². The van der Waals surface area contributed by atoms with Crippen molar-refractivity contribution < 1.29 is 33.4 Å². The Bertz CT molecular complexity index is 2230. The molecule has 2 aromatic heterocycles. The molecule has 7 rings (SSSR count). The number of benzene rings is 2. The van der Waals surface area contributed by atoms with Crippen LogP contribution in [0.25, 0.3) is 21.8 Å². The average molecular weight is 909 g/mol. The third-order valence-corrected chi connectivity index (χ3v) is 15.0. The summed E-state index contributed by atoms with van der Waals surface area (Å²) in [6.45, 7) is 6.45. The van der Waals surface area contributed by atoms with Crippen molar-refractivity contribution in [3.05, 3.63) is 70.5 Å². The second-order valence-electron chi connectivity index (χ2n) is 17.1. The fourth-order valence-electron chi connectivity index (χ4n) is 8.07. The molecule has 2 unspecified atom stereocenters. The van der Waals surface area contributed by atoms with Crippen LogP contribution in [0.4, 0.5) is 10.2 Å². The molecule has 0 spiro atoms. The Balaban J connectivity index is 0.935. The third-order valence-electron chi connectivity index (χ3n) is 12.1. The second kappa shape index (κ2) is 19.5. The van der Waals surface area contributed by atoms with Gasteiger partial charge in [0.2, 0.25) is 11.8 Å². The zero-order valence-electron chi connectivity index (χ0n) is 35.7. The summed E-state index contributed by atoms with van der Waals surface area (Å²) in [5.74, 6) is 2.02. The van der Waals surface area contributed by atoms with Gasteiger partial charge in [-0.25, -0.2) is 19.3 Å². The molecule has 2 saturated carbocycles. The summed E-state index contributed by atoms with van der Waals surface area (Å²) >= 11 is 9.32. The first-order valence-electron chi connectivity index (χ1n) is 21.1. The number of thioether (sulfide) groups is 1. The molecule has 13 nitrogen and oxygen atoms in total. The summed E-state index contributed by atoms with van der Waals surface area (Å²) in [5.41, 5.74) is 3.41. The van der Waals surface area contributed by atoms with E-state index in [1.807, 2.05) is 68.7 Å². The lowest BCUT2D eigenvalue weighted by Crippen LogP contribution is -2.61. The predicted octanol–water partition coefficient (Wildman–Crippen LogP) is 7.24. The number of likely N-dealkylation sites (tertiary alicyclic amines) is 1. The van der Waals surface area contributed by atoms with Gasteiger partial charge in [-0.1, -0.05) is 35.9 Å². The van der Waals surface area contributed by atoms with Crippen LogP contribution in [0.15, 0.2) is 54.2 Å². The van der Waals surface area contributed by atoms with Crippen LogP contribution in [-0.4, -0.2) is 104 Å². The van der Waals surface area contributed by atoms with E-state index in [0.29, 0.717) is 52.2 Å². The van der Waals surface area contributed by atoms with Crippen LogP contribution >= 0.6 is 34.7 Å². The van der Waals surface area contributed by atoms with E-state index < -0.39 is 46.3 Å². The standard InChI is InChI=1S/C45H55ClFN7O6S2/c1-26-37(61-25-51-26)30-12-10-27(11-13-30)20-50-41(56)35-18-31(55)22-54(35)42(57)38(52-43(58)45(47)16-17-45)44(2,3)62-24-29-8-6-28(7-9-29)23-60-32-14-15-33(36(19-32)59-5)39-49-21-34(46)40(48-4)53-39/h10-15,19,21,25,28-29,31,35,38,55H,6-9,16-18,20,22-24H2,1-5H3,(H,50,56)(H,52,58)(H,48,49,53)/t28?,29?,31-,35?,38?/m1/s1. The van der Waals surface area contributed by atoms with Gasteiger partial charge in [-0.2, -0.15) is 11.8 Å². The first kappa shape index (κ1) is 45.5. The number of nitrogens with one attached hydrogen (secondary N) is 3. The maximum Gasteiger partial charge on any atom is 0.258 e. The van der Waals surface area contributed by atoms with Crippen LogP contribution in [0, 0.1) is 18.8 Å². The number of rotatable bonds is 17. The van der Waals surface area contributed by atoms with Crippen molar-refractivity contribution in [3.8, 4) is 33.3 Å². The van der Waals surface area contributed by atoms with E-state index in [2.05, 4.69) is 30.9 Å². The van der Waals surface area contributed by atoms with Gasteiger partial charge in [0.15, 0.2) is 11.5 Å². The largest absolute Gasteiger partial charge is 0.496 e. The number of aryl methyl sites for hydroxylation is 1. The van der Waals surface area contributed by atoms with Crippen LogP contribution in [0.1, 0.15) is 70.1 Å². The molecule has 0 bridgehead atoms. The van der Waals surface area contributed by atoms with Crippen LogP contribution < -0.4 is 25.4 Å². The number of aliphatic hydroxyl groups is 1. The molecular weight excluding hydrogens is 853 g/mol. The molecule has 3 atom stereocenters. The fourth-order valence-corrected chi connectivity index (χ4v) is 10.4. The summed E-state index contributed by atoms with van der Waals surface area (Å²) in [7, 11) is 3.34. The van der Waals surface area contributed by atoms with Crippen molar-refractivity contribution in [1.82, 2.24) is 30.5 Å². The van der Waals surface area contributed by atoms with Gasteiger partial charge in [-0.15, -0.1) is 11.3 Å². The zero-order valence-corrected chi connectivity index (χ0v) is 38.1.